The van der Waals surface area contributed by atoms with Crippen molar-refractivity contribution in [3.8, 4) is 5.75 Å². The molecule has 7 heteroatoms. The molecule has 0 saturated carbocycles. The third-order valence-electron chi connectivity index (χ3n) is 3.94. The number of methoxy groups -OCH3 is 1. The smallest absolute Gasteiger partial charge is 0.305 e. The first-order valence-corrected chi connectivity index (χ1v) is 8.16. The average molecular weight is 386 g/mol. The molecule has 126 valence electrons. The average Bonchev–Trinajstić information content (AvgIpc) is 2.47. The van der Waals surface area contributed by atoms with E-state index >= 15 is 0 Å². The molecule has 1 aromatic carbocycles. The highest BCUT2D eigenvalue weighted by molar-refractivity contribution is 9.10. The molecule has 0 unspecified atom stereocenters. The third-order valence-corrected chi connectivity index (χ3v) is 4.43. The van der Waals surface area contributed by atoms with Gasteiger partial charge in [0.2, 0.25) is 5.91 Å². The largest absolute Gasteiger partial charge is 0.496 e. The van der Waals surface area contributed by atoms with Crippen LogP contribution in [0.15, 0.2) is 22.7 Å². The van der Waals surface area contributed by atoms with Crippen molar-refractivity contribution in [2.75, 3.05) is 20.3 Å². The van der Waals surface area contributed by atoms with E-state index in [9.17, 15) is 9.59 Å². The highest BCUT2D eigenvalue weighted by Crippen LogP contribution is 2.26. The van der Waals surface area contributed by atoms with Gasteiger partial charge in [-0.2, -0.15) is 0 Å². The van der Waals surface area contributed by atoms with E-state index in [1.807, 2.05) is 12.1 Å². The molecule has 1 heterocycles. The van der Waals surface area contributed by atoms with Crippen molar-refractivity contribution >= 4 is 27.8 Å². The van der Waals surface area contributed by atoms with Crippen LogP contribution in [0.3, 0.4) is 0 Å². The third kappa shape index (κ3) is 4.94. The molecule has 0 bridgehead atoms. The zero-order valence-corrected chi connectivity index (χ0v) is 14.5. The molecule has 2 rings (SSSR count). The minimum absolute atomic E-state index is 0.0995. The number of aliphatic carboxylic acids is 1. The molecular weight excluding hydrogens is 366 g/mol. The minimum atomic E-state index is -0.924. The highest BCUT2D eigenvalue weighted by atomic mass is 79.9. The van der Waals surface area contributed by atoms with E-state index in [2.05, 4.69) is 21.2 Å². The van der Waals surface area contributed by atoms with Gasteiger partial charge in [-0.1, -0.05) is 15.9 Å². The van der Waals surface area contributed by atoms with Crippen LogP contribution in [-0.4, -0.2) is 42.8 Å². The van der Waals surface area contributed by atoms with Crippen LogP contribution in [0.5, 0.6) is 5.75 Å². The van der Waals surface area contributed by atoms with Gasteiger partial charge in [-0.3, -0.25) is 9.59 Å². The molecule has 1 fully saturated rings. The number of hydrogen-bond acceptors (Lipinski definition) is 4. The van der Waals surface area contributed by atoms with E-state index in [-0.39, 0.29) is 18.7 Å². The number of amides is 1. The number of carboxylic acids is 1. The number of benzene rings is 1. The Bertz CT molecular complexity index is 584. The molecule has 1 aromatic rings. The van der Waals surface area contributed by atoms with Crippen molar-refractivity contribution in [2.24, 2.45) is 0 Å². The summed E-state index contributed by atoms with van der Waals surface area (Å²) >= 11 is 3.38. The Morgan fingerprint density at radius 1 is 1.39 bits per heavy atom. The van der Waals surface area contributed by atoms with E-state index in [1.54, 1.807) is 13.2 Å². The van der Waals surface area contributed by atoms with Crippen LogP contribution in [-0.2, 0) is 20.7 Å². The predicted molar refractivity (Wildman–Crippen MR) is 87.6 cm³/mol. The van der Waals surface area contributed by atoms with Crippen LogP contribution in [0.2, 0.25) is 0 Å². The molecule has 23 heavy (non-hydrogen) atoms. The summed E-state index contributed by atoms with van der Waals surface area (Å²) in [6, 6.07) is 5.45. The number of ether oxygens (including phenoxy) is 2. The summed E-state index contributed by atoms with van der Waals surface area (Å²) in [6.07, 6.45) is 1.03. The molecule has 0 atom stereocenters. The van der Waals surface area contributed by atoms with E-state index in [1.165, 1.54) is 0 Å². The van der Waals surface area contributed by atoms with Gasteiger partial charge >= 0.3 is 5.97 Å². The van der Waals surface area contributed by atoms with Gasteiger partial charge in [0, 0.05) is 23.2 Å². The Balaban J connectivity index is 2.10. The number of rotatable bonds is 6. The van der Waals surface area contributed by atoms with E-state index in [4.69, 9.17) is 14.6 Å². The first-order valence-electron chi connectivity index (χ1n) is 7.37. The Hall–Kier alpha value is -1.60. The Morgan fingerprint density at radius 3 is 2.70 bits per heavy atom. The number of carbonyl (C=O) groups is 2. The number of carbonyl (C=O) groups excluding carboxylic acids is 1. The molecule has 1 aliphatic rings. The van der Waals surface area contributed by atoms with Gasteiger partial charge in [0.15, 0.2) is 0 Å². The SMILES string of the molecule is COc1ccc(Br)cc1CC(=O)NC1(CC(=O)O)CCOCC1. The fourth-order valence-electron chi connectivity index (χ4n) is 2.80. The Kier molecular flexibility index (Phi) is 6.01. The second-order valence-corrected chi connectivity index (χ2v) is 6.56. The maximum absolute atomic E-state index is 12.4. The number of halogens is 1. The van der Waals surface area contributed by atoms with Crippen molar-refractivity contribution in [3.63, 3.8) is 0 Å². The van der Waals surface area contributed by atoms with Crippen molar-refractivity contribution < 1.29 is 24.2 Å². The fraction of sp³-hybridized carbons (Fsp3) is 0.500. The van der Waals surface area contributed by atoms with Gasteiger partial charge in [0.1, 0.15) is 5.75 Å². The van der Waals surface area contributed by atoms with E-state index in [0.29, 0.717) is 31.8 Å². The Labute approximate surface area is 143 Å². The highest BCUT2D eigenvalue weighted by Gasteiger charge is 2.36. The second-order valence-electron chi connectivity index (χ2n) is 5.64. The van der Waals surface area contributed by atoms with Crippen LogP contribution in [0.4, 0.5) is 0 Å². The molecular formula is C16H20BrNO5. The predicted octanol–water partition coefficient (Wildman–Crippen LogP) is 2.14. The van der Waals surface area contributed by atoms with Crippen LogP contribution in [0.1, 0.15) is 24.8 Å². The van der Waals surface area contributed by atoms with Crippen molar-refractivity contribution in [1.82, 2.24) is 5.32 Å². The summed E-state index contributed by atoms with van der Waals surface area (Å²) in [7, 11) is 1.55. The van der Waals surface area contributed by atoms with Gasteiger partial charge in [-0.25, -0.2) is 0 Å². The van der Waals surface area contributed by atoms with Crippen LogP contribution < -0.4 is 10.1 Å². The standard InChI is InChI=1S/C16H20BrNO5/c1-22-13-3-2-12(17)8-11(13)9-14(19)18-16(10-15(20)21)4-6-23-7-5-16/h2-3,8H,4-7,9-10H2,1H3,(H,18,19)(H,20,21). The lowest BCUT2D eigenvalue weighted by atomic mass is 9.86. The zero-order valence-electron chi connectivity index (χ0n) is 12.9. The van der Waals surface area contributed by atoms with Crippen molar-refractivity contribution in [1.29, 1.82) is 0 Å². The minimum Gasteiger partial charge on any atom is -0.496 e. The maximum atomic E-state index is 12.4. The summed E-state index contributed by atoms with van der Waals surface area (Å²) in [4.78, 5) is 23.6. The lowest BCUT2D eigenvalue weighted by Crippen LogP contribution is -2.53. The van der Waals surface area contributed by atoms with Gasteiger partial charge < -0.3 is 19.9 Å². The molecule has 2 N–H and O–H groups in total. The fourth-order valence-corrected chi connectivity index (χ4v) is 3.20. The van der Waals surface area contributed by atoms with Crippen LogP contribution in [0, 0.1) is 0 Å². The Morgan fingerprint density at radius 2 is 2.09 bits per heavy atom. The lowest BCUT2D eigenvalue weighted by Gasteiger charge is -2.36. The molecule has 0 radical (unpaired) electrons. The molecule has 0 aromatic heterocycles. The first-order chi connectivity index (χ1) is 10.9. The molecule has 6 nitrogen and oxygen atoms in total. The van der Waals surface area contributed by atoms with Gasteiger partial charge in [0.25, 0.3) is 0 Å². The second kappa shape index (κ2) is 7.79. The van der Waals surface area contributed by atoms with E-state index in [0.717, 1.165) is 10.0 Å². The maximum Gasteiger partial charge on any atom is 0.305 e. The van der Waals surface area contributed by atoms with Crippen LogP contribution >= 0.6 is 15.9 Å². The summed E-state index contributed by atoms with van der Waals surface area (Å²) < 4.78 is 11.4. The van der Waals surface area contributed by atoms with Gasteiger partial charge in [-0.05, 0) is 31.0 Å². The van der Waals surface area contributed by atoms with Gasteiger partial charge in [0.05, 0.1) is 25.5 Å². The summed E-state index contributed by atoms with van der Waals surface area (Å²) in [5.74, 6) is -0.514. The number of hydrogen-bond donors (Lipinski definition) is 2. The normalized spacial score (nSPS) is 16.6. The summed E-state index contributed by atoms with van der Waals surface area (Å²) in [6.45, 7) is 0.904. The molecule has 1 amide bonds. The number of carboxylic acid groups (broad SMARTS) is 1. The quantitative estimate of drug-likeness (QED) is 0.783. The zero-order chi connectivity index (χ0) is 16.9. The molecule has 1 aliphatic heterocycles. The molecule has 0 aliphatic carbocycles. The summed E-state index contributed by atoms with van der Waals surface area (Å²) in [5, 5.41) is 12.0. The molecule has 1 saturated heterocycles. The number of nitrogens with one attached hydrogen (secondary N) is 1. The molecule has 0 spiro atoms. The van der Waals surface area contributed by atoms with Gasteiger partial charge in [-0.15, -0.1) is 0 Å². The summed E-state index contributed by atoms with van der Waals surface area (Å²) in [5.41, 5.74) is 0.0114. The topological polar surface area (TPSA) is 84.9 Å². The van der Waals surface area contributed by atoms with Crippen LogP contribution in [0.25, 0.3) is 0 Å². The van der Waals surface area contributed by atoms with Crippen molar-refractivity contribution in [2.45, 2.75) is 31.2 Å². The first kappa shape index (κ1) is 17.7. The van der Waals surface area contributed by atoms with E-state index < -0.39 is 11.5 Å². The van der Waals surface area contributed by atoms with Crippen molar-refractivity contribution in [3.05, 3.63) is 28.2 Å². The lowest BCUT2D eigenvalue weighted by molar-refractivity contribution is -0.140. The monoisotopic (exact) mass is 385 g/mol.